The Morgan fingerprint density at radius 2 is 2.15 bits per heavy atom. The van der Waals surface area contributed by atoms with Crippen LogP contribution in [0.3, 0.4) is 0 Å². The number of halogens is 1. The fourth-order valence-electron chi connectivity index (χ4n) is 1.83. The summed E-state index contributed by atoms with van der Waals surface area (Å²) in [5.74, 6) is 0.715. The summed E-state index contributed by atoms with van der Waals surface area (Å²) in [6, 6.07) is 3.97. The maximum atomic E-state index is 5.96. The van der Waals surface area contributed by atoms with E-state index >= 15 is 0 Å². The summed E-state index contributed by atoms with van der Waals surface area (Å²) in [5, 5.41) is 13.2. The molecule has 0 saturated carbocycles. The molecule has 0 aliphatic heterocycles. The van der Waals surface area contributed by atoms with Crippen LogP contribution < -0.4 is 0 Å². The smallest absolute Gasteiger partial charge is 0.209 e. The maximum absolute atomic E-state index is 5.96. The second kappa shape index (κ2) is 5.41. The first-order valence-electron chi connectivity index (χ1n) is 6.17. The molecule has 104 valence electrons. The van der Waals surface area contributed by atoms with Gasteiger partial charge >= 0.3 is 0 Å². The normalized spacial score (nSPS) is 11.6. The first kappa shape index (κ1) is 13.4. The van der Waals surface area contributed by atoms with Gasteiger partial charge in [-0.2, -0.15) is 0 Å². The van der Waals surface area contributed by atoms with E-state index in [-0.39, 0.29) is 6.04 Å². The molecule has 0 saturated heterocycles. The summed E-state index contributed by atoms with van der Waals surface area (Å²) < 4.78 is 3.72. The molecule has 0 radical (unpaired) electrons. The third kappa shape index (κ3) is 2.64. The zero-order valence-corrected chi connectivity index (χ0v) is 12.6. The van der Waals surface area contributed by atoms with Gasteiger partial charge in [-0.15, -0.1) is 5.10 Å². The van der Waals surface area contributed by atoms with E-state index in [4.69, 9.17) is 11.6 Å². The molecule has 0 aliphatic carbocycles. The second-order valence-corrected chi connectivity index (χ2v) is 6.01. The van der Waals surface area contributed by atoms with Crippen molar-refractivity contribution in [3.63, 3.8) is 0 Å². The quantitative estimate of drug-likeness (QED) is 0.694. The van der Waals surface area contributed by atoms with Crippen LogP contribution in [-0.2, 0) is 5.75 Å². The van der Waals surface area contributed by atoms with E-state index in [1.54, 1.807) is 16.4 Å². The van der Waals surface area contributed by atoms with Crippen molar-refractivity contribution in [1.29, 1.82) is 0 Å². The molecular weight excluding hydrogens is 296 g/mol. The first-order valence-corrected chi connectivity index (χ1v) is 7.53. The predicted octanol–water partition coefficient (Wildman–Crippen LogP) is 2.85. The van der Waals surface area contributed by atoms with Crippen molar-refractivity contribution in [1.82, 2.24) is 29.6 Å². The Hall–Kier alpha value is -1.60. The van der Waals surface area contributed by atoms with Gasteiger partial charge in [-0.1, -0.05) is 23.4 Å². The fourth-order valence-corrected chi connectivity index (χ4v) is 2.89. The van der Waals surface area contributed by atoms with Crippen LogP contribution in [0.1, 0.15) is 25.6 Å². The lowest BCUT2D eigenvalue weighted by molar-refractivity contribution is 0.477. The number of nitrogens with zero attached hydrogens (tertiary/aromatic N) is 6. The summed E-state index contributed by atoms with van der Waals surface area (Å²) in [5.41, 5.74) is 1.85. The largest absolute Gasteiger partial charge is 0.305 e. The molecule has 0 amide bonds. The Balaban J connectivity index is 1.78. The van der Waals surface area contributed by atoms with Gasteiger partial charge in [0.1, 0.15) is 5.65 Å². The standard InChI is InChI=1S/C12H13ClN6S/c1-8(2)19-12(15-16-17-19)20-7-10-6-18-5-9(13)3-4-11(18)14-10/h3-6,8H,7H2,1-2H3. The van der Waals surface area contributed by atoms with E-state index in [2.05, 4.69) is 20.5 Å². The Bertz CT molecular complexity index is 734. The Labute approximate surface area is 125 Å². The maximum Gasteiger partial charge on any atom is 0.209 e. The van der Waals surface area contributed by atoms with E-state index < -0.39 is 0 Å². The van der Waals surface area contributed by atoms with Crippen LogP contribution in [-0.4, -0.2) is 29.6 Å². The van der Waals surface area contributed by atoms with E-state index in [1.165, 1.54) is 0 Å². The van der Waals surface area contributed by atoms with Crippen LogP contribution in [0, 0.1) is 0 Å². The fraction of sp³-hybridized carbons (Fsp3) is 0.333. The highest BCUT2D eigenvalue weighted by molar-refractivity contribution is 7.98. The summed E-state index contributed by atoms with van der Waals surface area (Å²) in [4.78, 5) is 4.53. The van der Waals surface area contributed by atoms with Gasteiger partial charge < -0.3 is 4.40 Å². The van der Waals surface area contributed by atoms with Gasteiger partial charge in [-0.05, 0) is 36.4 Å². The van der Waals surface area contributed by atoms with Crippen molar-refractivity contribution >= 4 is 29.0 Å². The minimum absolute atomic E-state index is 0.243. The van der Waals surface area contributed by atoms with Gasteiger partial charge in [0, 0.05) is 18.1 Å². The van der Waals surface area contributed by atoms with Crippen molar-refractivity contribution in [3.8, 4) is 0 Å². The topological polar surface area (TPSA) is 60.9 Å². The van der Waals surface area contributed by atoms with Crippen molar-refractivity contribution < 1.29 is 0 Å². The van der Waals surface area contributed by atoms with E-state index in [0.29, 0.717) is 10.8 Å². The zero-order chi connectivity index (χ0) is 14.1. The third-order valence-corrected chi connectivity index (χ3v) is 3.96. The van der Waals surface area contributed by atoms with Crippen LogP contribution >= 0.6 is 23.4 Å². The van der Waals surface area contributed by atoms with Gasteiger partial charge in [0.15, 0.2) is 0 Å². The lowest BCUT2D eigenvalue weighted by atomic mass is 10.4. The Kier molecular flexibility index (Phi) is 3.62. The number of pyridine rings is 1. The van der Waals surface area contributed by atoms with Crippen molar-refractivity contribution in [3.05, 3.63) is 35.2 Å². The second-order valence-electron chi connectivity index (χ2n) is 4.63. The molecule has 0 spiro atoms. The third-order valence-electron chi connectivity index (χ3n) is 2.77. The van der Waals surface area contributed by atoms with Crippen molar-refractivity contribution in [2.75, 3.05) is 0 Å². The van der Waals surface area contributed by atoms with Gasteiger partial charge in [0.05, 0.1) is 16.8 Å². The number of tetrazole rings is 1. The lowest BCUT2D eigenvalue weighted by Gasteiger charge is -2.05. The van der Waals surface area contributed by atoms with E-state index in [1.807, 2.05) is 42.8 Å². The van der Waals surface area contributed by atoms with Crippen LogP contribution in [0.5, 0.6) is 0 Å². The molecular formula is C12H13ClN6S. The van der Waals surface area contributed by atoms with Crippen molar-refractivity contribution in [2.24, 2.45) is 0 Å². The highest BCUT2D eigenvalue weighted by Gasteiger charge is 2.11. The molecule has 3 aromatic rings. The van der Waals surface area contributed by atoms with Gasteiger partial charge in [0.2, 0.25) is 5.16 Å². The van der Waals surface area contributed by atoms with Gasteiger partial charge in [-0.3, -0.25) is 0 Å². The summed E-state index contributed by atoms with van der Waals surface area (Å²) in [6.07, 6.45) is 3.81. The van der Waals surface area contributed by atoms with Gasteiger partial charge in [0.25, 0.3) is 0 Å². The molecule has 3 heterocycles. The summed E-state index contributed by atoms with van der Waals surface area (Å²) in [7, 11) is 0. The number of aromatic nitrogens is 6. The number of hydrogen-bond acceptors (Lipinski definition) is 5. The number of rotatable bonds is 4. The first-order chi connectivity index (χ1) is 9.63. The highest BCUT2D eigenvalue weighted by Crippen LogP contribution is 2.22. The molecule has 6 nitrogen and oxygen atoms in total. The molecule has 0 bridgehead atoms. The summed E-state index contributed by atoms with van der Waals surface area (Å²) >= 11 is 7.53. The number of fused-ring (bicyclic) bond motifs is 1. The molecule has 20 heavy (non-hydrogen) atoms. The van der Waals surface area contributed by atoms with Crippen LogP contribution in [0.4, 0.5) is 0 Å². The zero-order valence-electron chi connectivity index (χ0n) is 11.1. The highest BCUT2D eigenvalue weighted by atomic mass is 35.5. The molecule has 0 atom stereocenters. The molecule has 0 N–H and O–H groups in total. The molecule has 0 aliphatic rings. The Morgan fingerprint density at radius 3 is 2.95 bits per heavy atom. The average Bonchev–Trinajstić information content (AvgIpc) is 3.01. The number of hydrogen-bond donors (Lipinski definition) is 0. The van der Waals surface area contributed by atoms with E-state index in [9.17, 15) is 0 Å². The molecule has 8 heteroatoms. The van der Waals surface area contributed by atoms with Crippen LogP contribution in [0.25, 0.3) is 5.65 Å². The minimum atomic E-state index is 0.243. The lowest BCUT2D eigenvalue weighted by Crippen LogP contribution is -2.04. The molecule has 0 unspecified atom stereocenters. The van der Waals surface area contributed by atoms with Crippen LogP contribution in [0.15, 0.2) is 29.7 Å². The van der Waals surface area contributed by atoms with Gasteiger partial charge in [-0.25, -0.2) is 9.67 Å². The number of imidazole rings is 1. The molecule has 3 rings (SSSR count). The molecule has 0 fully saturated rings. The predicted molar refractivity (Wildman–Crippen MR) is 78.0 cm³/mol. The number of thioether (sulfide) groups is 1. The summed E-state index contributed by atoms with van der Waals surface area (Å²) in [6.45, 7) is 4.10. The monoisotopic (exact) mass is 308 g/mol. The minimum Gasteiger partial charge on any atom is -0.305 e. The van der Waals surface area contributed by atoms with Crippen LogP contribution in [0.2, 0.25) is 5.02 Å². The molecule has 3 aromatic heterocycles. The van der Waals surface area contributed by atoms with Crippen molar-refractivity contribution in [2.45, 2.75) is 30.8 Å². The average molecular weight is 309 g/mol. The molecule has 0 aromatic carbocycles. The SMILES string of the molecule is CC(C)n1nnnc1SCc1cn2cc(Cl)ccc2n1. The Morgan fingerprint density at radius 1 is 1.30 bits per heavy atom. The van der Waals surface area contributed by atoms with E-state index in [0.717, 1.165) is 16.5 Å².